The van der Waals surface area contributed by atoms with Crippen molar-refractivity contribution in [2.24, 2.45) is 5.10 Å². The van der Waals surface area contributed by atoms with E-state index < -0.39 is 0 Å². The minimum atomic E-state index is -0.168. The fraction of sp³-hybridized carbons (Fsp3) is 0.350. The van der Waals surface area contributed by atoms with Crippen LogP contribution in [0.25, 0.3) is 10.2 Å². The number of rotatable bonds is 8. The number of thiophene rings is 1. The van der Waals surface area contributed by atoms with Gasteiger partial charge in [-0.25, -0.2) is 4.98 Å². The van der Waals surface area contributed by atoms with Gasteiger partial charge in [0.2, 0.25) is 0 Å². The van der Waals surface area contributed by atoms with Crippen LogP contribution in [0.1, 0.15) is 37.1 Å². The first kappa shape index (κ1) is 19.1. The van der Waals surface area contributed by atoms with Crippen molar-refractivity contribution in [3.05, 3.63) is 51.4 Å². The molecule has 0 unspecified atom stereocenters. The number of fused-ring (bicyclic) bond motifs is 1. The molecular weight excluding hydrogens is 362 g/mol. The van der Waals surface area contributed by atoms with E-state index in [1.54, 1.807) is 24.7 Å². The van der Waals surface area contributed by atoms with Crippen LogP contribution in [0.2, 0.25) is 0 Å². The van der Waals surface area contributed by atoms with Gasteiger partial charge in [0.25, 0.3) is 5.56 Å². The number of benzene rings is 1. The van der Waals surface area contributed by atoms with Gasteiger partial charge in [0.15, 0.2) is 11.5 Å². The van der Waals surface area contributed by atoms with Crippen molar-refractivity contribution in [1.29, 1.82) is 0 Å². The van der Waals surface area contributed by atoms with E-state index in [9.17, 15) is 4.79 Å². The van der Waals surface area contributed by atoms with E-state index in [0.717, 1.165) is 34.5 Å². The molecule has 0 aliphatic rings. The van der Waals surface area contributed by atoms with Gasteiger partial charge in [0.05, 0.1) is 25.3 Å². The second-order valence-corrected chi connectivity index (χ2v) is 7.15. The predicted molar refractivity (Wildman–Crippen MR) is 110 cm³/mol. The van der Waals surface area contributed by atoms with Crippen LogP contribution in [0.5, 0.6) is 11.5 Å². The van der Waals surface area contributed by atoms with Crippen LogP contribution in [-0.2, 0) is 6.42 Å². The van der Waals surface area contributed by atoms with Gasteiger partial charge in [-0.15, -0.1) is 11.3 Å². The lowest BCUT2D eigenvalue weighted by Crippen LogP contribution is -2.16. The second kappa shape index (κ2) is 8.81. The van der Waals surface area contributed by atoms with Crippen LogP contribution in [0.3, 0.4) is 0 Å². The zero-order chi connectivity index (χ0) is 19.2. The molecule has 0 aliphatic heterocycles. The van der Waals surface area contributed by atoms with Crippen LogP contribution < -0.4 is 15.0 Å². The second-order valence-electron chi connectivity index (χ2n) is 6.04. The molecule has 0 saturated heterocycles. The SMILES string of the molecule is CCCCOc1ccc(/C=N\n2cnc3sc(CC)cc3c2=O)cc1OC. The van der Waals surface area contributed by atoms with E-state index in [0.29, 0.717) is 23.5 Å². The van der Waals surface area contributed by atoms with Crippen molar-refractivity contribution in [1.82, 2.24) is 9.66 Å². The predicted octanol–water partition coefficient (Wildman–Crippen LogP) is 4.09. The summed E-state index contributed by atoms with van der Waals surface area (Å²) in [6.07, 6.45) is 6.02. The van der Waals surface area contributed by atoms with Gasteiger partial charge >= 0.3 is 0 Å². The average Bonchev–Trinajstić information content (AvgIpc) is 3.12. The molecule has 3 rings (SSSR count). The molecule has 0 bridgehead atoms. The average molecular weight is 385 g/mol. The fourth-order valence-corrected chi connectivity index (χ4v) is 3.48. The summed E-state index contributed by atoms with van der Waals surface area (Å²) in [6.45, 7) is 4.83. The Hall–Kier alpha value is -2.67. The fourth-order valence-electron chi connectivity index (χ4n) is 2.56. The topological polar surface area (TPSA) is 65.7 Å². The number of ether oxygens (including phenoxy) is 2. The highest BCUT2D eigenvalue weighted by Crippen LogP contribution is 2.27. The summed E-state index contributed by atoms with van der Waals surface area (Å²) in [5.74, 6) is 1.34. The lowest BCUT2D eigenvalue weighted by atomic mass is 10.2. The number of aromatic nitrogens is 2. The summed E-state index contributed by atoms with van der Waals surface area (Å²) < 4.78 is 12.4. The first-order chi connectivity index (χ1) is 13.2. The monoisotopic (exact) mass is 385 g/mol. The lowest BCUT2D eigenvalue weighted by Gasteiger charge is -2.10. The largest absolute Gasteiger partial charge is 0.493 e. The first-order valence-corrected chi connectivity index (χ1v) is 9.83. The van der Waals surface area contributed by atoms with Crippen LogP contribution in [0.4, 0.5) is 0 Å². The maximum absolute atomic E-state index is 12.6. The zero-order valence-electron chi connectivity index (χ0n) is 15.8. The molecule has 0 N–H and O–H groups in total. The van der Waals surface area contributed by atoms with E-state index in [1.165, 1.54) is 11.0 Å². The Morgan fingerprint density at radius 1 is 1.26 bits per heavy atom. The van der Waals surface area contributed by atoms with Gasteiger partial charge in [0.1, 0.15) is 11.2 Å². The molecule has 2 aromatic heterocycles. The molecule has 0 fully saturated rings. The summed E-state index contributed by atoms with van der Waals surface area (Å²) in [7, 11) is 1.60. The highest BCUT2D eigenvalue weighted by Gasteiger charge is 2.08. The van der Waals surface area contributed by atoms with E-state index in [2.05, 4.69) is 23.9 Å². The Kier molecular flexibility index (Phi) is 6.24. The van der Waals surface area contributed by atoms with Gasteiger partial charge in [-0.1, -0.05) is 20.3 Å². The number of hydrogen-bond donors (Lipinski definition) is 0. The van der Waals surface area contributed by atoms with Gasteiger partial charge in [-0.2, -0.15) is 9.78 Å². The number of methoxy groups -OCH3 is 1. The molecule has 1 aromatic carbocycles. The molecule has 0 saturated carbocycles. The maximum atomic E-state index is 12.6. The lowest BCUT2D eigenvalue weighted by molar-refractivity contribution is 0.288. The van der Waals surface area contributed by atoms with Crippen LogP contribution in [0, 0.1) is 0 Å². The minimum Gasteiger partial charge on any atom is -0.493 e. The molecule has 142 valence electrons. The van der Waals surface area contributed by atoms with Crippen molar-refractivity contribution in [2.75, 3.05) is 13.7 Å². The Morgan fingerprint density at radius 2 is 2.11 bits per heavy atom. The maximum Gasteiger partial charge on any atom is 0.282 e. The number of hydrogen-bond acceptors (Lipinski definition) is 6. The molecule has 6 nitrogen and oxygen atoms in total. The van der Waals surface area contributed by atoms with Gasteiger partial charge in [-0.05, 0) is 42.7 Å². The van der Waals surface area contributed by atoms with Crippen molar-refractivity contribution in [3.8, 4) is 11.5 Å². The normalized spacial score (nSPS) is 11.4. The molecule has 3 aromatic rings. The molecule has 27 heavy (non-hydrogen) atoms. The van der Waals surface area contributed by atoms with Crippen LogP contribution in [-0.4, -0.2) is 29.6 Å². The van der Waals surface area contributed by atoms with Gasteiger partial charge in [0, 0.05) is 4.88 Å². The molecule has 0 radical (unpaired) electrons. The van der Waals surface area contributed by atoms with Crippen molar-refractivity contribution in [3.63, 3.8) is 0 Å². The number of unbranched alkanes of at least 4 members (excludes halogenated alkanes) is 1. The number of aryl methyl sites for hydroxylation is 1. The highest BCUT2D eigenvalue weighted by molar-refractivity contribution is 7.18. The molecular formula is C20H23N3O3S. The van der Waals surface area contributed by atoms with Crippen LogP contribution >= 0.6 is 11.3 Å². The van der Waals surface area contributed by atoms with E-state index in [4.69, 9.17) is 9.47 Å². The zero-order valence-corrected chi connectivity index (χ0v) is 16.6. The van der Waals surface area contributed by atoms with Crippen molar-refractivity contribution in [2.45, 2.75) is 33.1 Å². The summed E-state index contributed by atoms with van der Waals surface area (Å²) in [5, 5.41) is 4.87. The summed E-state index contributed by atoms with van der Waals surface area (Å²) >= 11 is 1.54. The molecule has 0 spiro atoms. The van der Waals surface area contributed by atoms with E-state index >= 15 is 0 Å². The Labute approximate surface area is 162 Å². The number of nitrogens with zero attached hydrogens (tertiary/aromatic N) is 3. The Balaban J connectivity index is 1.84. The van der Waals surface area contributed by atoms with Gasteiger partial charge < -0.3 is 9.47 Å². The smallest absolute Gasteiger partial charge is 0.282 e. The minimum absolute atomic E-state index is 0.168. The van der Waals surface area contributed by atoms with E-state index in [1.807, 2.05) is 24.3 Å². The van der Waals surface area contributed by atoms with Gasteiger partial charge in [-0.3, -0.25) is 4.79 Å². The van der Waals surface area contributed by atoms with Crippen molar-refractivity contribution < 1.29 is 9.47 Å². The summed E-state index contributed by atoms with van der Waals surface area (Å²) in [6, 6.07) is 7.46. The molecule has 0 aliphatic carbocycles. The third-order valence-corrected chi connectivity index (χ3v) is 5.30. The third kappa shape index (κ3) is 4.36. The molecule has 0 amide bonds. The Morgan fingerprint density at radius 3 is 2.85 bits per heavy atom. The molecule has 2 heterocycles. The molecule has 7 heteroatoms. The van der Waals surface area contributed by atoms with E-state index in [-0.39, 0.29) is 5.56 Å². The first-order valence-electron chi connectivity index (χ1n) is 9.01. The Bertz CT molecular complexity index is 1010. The summed E-state index contributed by atoms with van der Waals surface area (Å²) in [5.41, 5.74) is 0.639. The quantitative estimate of drug-likeness (QED) is 0.433. The molecule has 0 atom stereocenters. The third-order valence-electron chi connectivity index (χ3n) is 4.11. The van der Waals surface area contributed by atoms with Crippen LogP contribution in [0.15, 0.2) is 40.5 Å². The summed E-state index contributed by atoms with van der Waals surface area (Å²) in [4.78, 5) is 18.8. The highest BCUT2D eigenvalue weighted by atomic mass is 32.1. The standard InChI is InChI=1S/C20H23N3O3S/c1-4-6-9-26-17-8-7-14(10-18(17)25-3)12-22-23-13-21-19-16(20(23)24)11-15(5-2)27-19/h7-8,10-13H,4-6,9H2,1-3H3/b22-12-. The van der Waals surface area contributed by atoms with Crippen molar-refractivity contribution >= 4 is 27.8 Å².